The first kappa shape index (κ1) is 9.46. The molecular weight excluding hydrogens is 196 g/mol. The van der Waals surface area contributed by atoms with Crippen LogP contribution >= 0.6 is 11.8 Å². The lowest BCUT2D eigenvalue weighted by Crippen LogP contribution is -2.07. The highest BCUT2D eigenvalue weighted by Crippen LogP contribution is 2.20. The van der Waals surface area contributed by atoms with E-state index in [-0.39, 0.29) is 6.29 Å². The van der Waals surface area contributed by atoms with Gasteiger partial charge in [-0.25, -0.2) is 0 Å². The summed E-state index contributed by atoms with van der Waals surface area (Å²) in [7, 11) is 0. The summed E-state index contributed by atoms with van der Waals surface area (Å²) in [6, 6.07) is 10.3. The molecule has 74 valence electrons. The zero-order chi connectivity index (χ0) is 9.64. The van der Waals surface area contributed by atoms with Gasteiger partial charge in [-0.15, -0.1) is 11.8 Å². The van der Waals surface area contributed by atoms with Gasteiger partial charge < -0.3 is 9.47 Å². The van der Waals surface area contributed by atoms with Crippen LogP contribution in [0.3, 0.4) is 0 Å². The van der Waals surface area contributed by atoms with E-state index in [1.54, 1.807) is 12.5 Å². The fraction of sp³-hybridized carbons (Fsp3) is 0.273. The van der Waals surface area contributed by atoms with Crippen LogP contribution in [0.1, 0.15) is 6.42 Å². The number of ether oxygens (including phenoxy) is 2. The van der Waals surface area contributed by atoms with Crippen molar-refractivity contribution in [2.75, 3.05) is 5.75 Å². The molecule has 0 atom stereocenters. The van der Waals surface area contributed by atoms with Gasteiger partial charge in [-0.1, -0.05) is 18.2 Å². The Bertz CT molecular complexity index is 289. The Morgan fingerprint density at radius 2 is 1.79 bits per heavy atom. The normalized spacial score (nSPS) is 15.1. The van der Waals surface area contributed by atoms with Crippen LogP contribution in [0.2, 0.25) is 0 Å². The van der Waals surface area contributed by atoms with Gasteiger partial charge >= 0.3 is 0 Å². The molecule has 0 aliphatic carbocycles. The number of benzene rings is 1. The largest absolute Gasteiger partial charge is 0.459 e. The van der Waals surface area contributed by atoms with Crippen LogP contribution in [0.4, 0.5) is 0 Å². The average Bonchev–Trinajstić information content (AvgIpc) is 2.72. The van der Waals surface area contributed by atoms with Gasteiger partial charge in [0.15, 0.2) is 0 Å². The van der Waals surface area contributed by atoms with Crippen LogP contribution in [0.15, 0.2) is 47.8 Å². The summed E-state index contributed by atoms with van der Waals surface area (Å²) < 4.78 is 10.3. The van der Waals surface area contributed by atoms with Crippen molar-refractivity contribution in [1.82, 2.24) is 0 Å². The average molecular weight is 208 g/mol. The molecule has 0 aromatic heterocycles. The lowest BCUT2D eigenvalue weighted by Gasteiger charge is -2.09. The molecule has 0 bridgehead atoms. The lowest BCUT2D eigenvalue weighted by molar-refractivity contribution is -0.0232. The molecule has 1 aliphatic heterocycles. The van der Waals surface area contributed by atoms with Gasteiger partial charge in [0.1, 0.15) is 12.5 Å². The highest BCUT2D eigenvalue weighted by Gasteiger charge is 2.11. The molecule has 2 rings (SSSR count). The van der Waals surface area contributed by atoms with Crippen LogP contribution in [0.5, 0.6) is 0 Å². The van der Waals surface area contributed by atoms with E-state index in [0.717, 1.165) is 12.2 Å². The van der Waals surface area contributed by atoms with Gasteiger partial charge in [0.05, 0.1) is 0 Å². The van der Waals surface area contributed by atoms with Gasteiger partial charge in [-0.05, 0) is 12.1 Å². The Balaban J connectivity index is 1.68. The van der Waals surface area contributed by atoms with Crippen molar-refractivity contribution in [3.05, 3.63) is 42.9 Å². The van der Waals surface area contributed by atoms with Gasteiger partial charge in [0, 0.05) is 17.1 Å². The van der Waals surface area contributed by atoms with E-state index in [1.807, 2.05) is 30.0 Å². The minimum atomic E-state index is -0.0776. The van der Waals surface area contributed by atoms with E-state index in [1.165, 1.54) is 4.90 Å². The molecule has 0 saturated heterocycles. The van der Waals surface area contributed by atoms with Gasteiger partial charge in [-0.2, -0.15) is 0 Å². The topological polar surface area (TPSA) is 18.5 Å². The highest BCUT2D eigenvalue weighted by atomic mass is 32.2. The fourth-order valence-electron chi connectivity index (χ4n) is 1.20. The van der Waals surface area contributed by atoms with Crippen molar-refractivity contribution < 1.29 is 9.47 Å². The number of thioether (sulfide) groups is 1. The van der Waals surface area contributed by atoms with Crippen molar-refractivity contribution in [2.45, 2.75) is 17.6 Å². The Morgan fingerprint density at radius 3 is 2.50 bits per heavy atom. The maximum absolute atomic E-state index is 5.17. The summed E-state index contributed by atoms with van der Waals surface area (Å²) in [5.74, 6) is 1.01. The van der Waals surface area contributed by atoms with E-state index < -0.39 is 0 Å². The third kappa shape index (κ3) is 2.70. The standard InChI is InChI=1S/C11H12O2S/c1-2-4-10(5-3-1)14-9-6-11-12-7-8-13-11/h1-5,7-8,11H,6,9H2. The zero-order valence-electron chi connectivity index (χ0n) is 7.76. The third-order valence-electron chi connectivity index (χ3n) is 1.88. The molecule has 2 nitrogen and oxygen atoms in total. The Morgan fingerprint density at radius 1 is 1.07 bits per heavy atom. The molecule has 0 N–H and O–H groups in total. The summed E-state index contributed by atoms with van der Waals surface area (Å²) in [6.45, 7) is 0. The fourth-order valence-corrected chi connectivity index (χ4v) is 2.09. The molecule has 1 aliphatic rings. The van der Waals surface area contributed by atoms with Crippen LogP contribution in [-0.4, -0.2) is 12.0 Å². The van der Waals surface area contributed by atoms with E-state index in [0.29, 0.717) is 0 Å². The van der Waals surface area contributed by atoms with Crippen LogP contribution in [0, 0.1) is 0 Å². The number of rotatable bonds is 4. The highest BCUT2D eigenvalue weighted by molar-refractivity contribution is 7.99. The summed E-state index contributed by atoms with van der Waals surface area (Å²) >= 11 is 1.82. The summed E-state index contributed by atoms with van der Waals surface area (Å²) in [4.78, 5) is 1.29. The molecule has 0 fully saturated rings. The molecule has 14 heavy (non-hydrogen) atoms. The molecular formula is C11H12O2S. The van der Waals surface area contributed by atoms with Crippen molar-refractivity contribution in [1.29, 1.82) is 0 Å². The van der Waals surface area contributed by atoms with Gasteiger partial charge in [-0.3, -0.25) is 0 Å². The number of hydrogen-bond donors (Lipinski definition) is 0. The zero-order valence-corrected chi connectivity index (χ0v) is 8.57. The molecule has 1 aromatic rings. The first-order valence-electron chi connectivity index (χ1n) is 4.59. The monoisotopic (exact) mass is 208 g/mol. The predicted octanol–water partition coefficient (Wildman–Crippen LogP) is 3.01. The lowest BCUT2D eigenvalue weighted by atomic mass is 10.4. The molecule has 3 heteroatoms. The Labute approximate surface area is 87.9 Å². The van der Waals surface area contributed by atoms with Crippen molar-refractivity contribution in [3.8, 4) is 0 Å². The maximum atomic E-state index is 5.17. The SMILES string of the molecule is C1=COC(CCSc2ccccc2)O1. The smallest absolute Gasteiger partial charge is 0.240 e. The van der Waals surface area contributed by atoms with Crippen LogP contribution in [0.25, 0.3) is 0 Å². The van der Waals surface area contributed by atoms with Crippen molar-refractivity contribution in [3.63, 3.8) is 0 Å². The minimum absolute atomic E-state index is 0.0776. The molecule has 0 amide bonds. The Kier molecular flexibility index (Phi) is 3.35. The summed E-state index contributed by atoms with van der Waals surface area (Å²) in [6.07, 6.45) is 4.02. The molecule has 0 radical (unpaired) electrons. The molecule has 0 unspecified atom stereocenters. The second kappa shape index (κ2) is 4.96. The summed E-state index contributed by atoms with van der Waals surface area (Å²) in [5, 5.41) is 0. The quantitative estimate of drug-likeness (QED) is 0.709. The number of hydrogen-bond acceptors (Lipinski definition) is 3. The molecule has 0 saturated carbocycles. The van der Waals surface area contributed by atoms with Crippen LogP contribution in [-0.2, 0) is 9.47 Å². The van der Waals surface area contributed by atoms with E-state index in [9.17, 15) is 0 Å². The van der Waals surface area contributed by atoms with E-state index in [2.05, 4.69) is 12.1 Å². The molecule has 1 aromatic carbocycles. The second-order valence-corrected chi connectivity index (χ2v) is 4.09. The van der Waals surface area contributed by atoms with Crippen LogP contribution < -0.4 is 0 Å². The summed E-state index contributed by atoms with van der Waals surface area (Å²) in [5.41, 5.74) is 0. The first-order valence-corrected chi connectivity index (χ1v) is 5.57. The molecule has 0 spiro atoms. The van der Waals surface area contributed by atoms with E-state index in [4.69, 9.17) is 9.47 Å². The van der Waals surface area contributed by atoms with Crippen molar-refractivity contribution >= 4 is 11.8 Å². The first-order chi connectivity index (χ1) is 6.95. The maximum Gasteiger partial charge on any atom is 0.240 e. The predicted molar refractivity (Wildman–Crippen MR) is 56.9 cm³/mol. The van der Waals surface area contributed by atoms with Crippen molar-refractivity contribution in [2.24, 2.45) is 0 Å². The van der Waals surface area contributed by atoms with Gasteiger partial charge in [0.25, 0.3) is 0 Å². The molecule has 1 heterocycles. The van der Waals surface area contributed by atoms with Gasteiger partial charge in [0.2, 0.25) is 6.29 Å². The third-order valence-corrected chi connectivity index (χ3v) is 2.93. The second-order valence-electron chi connectivity index (χ2n) is 2.92. The minimum Gasteiger partial charge on any atom is -0.459 e. The Hall–Kier alpha value is -1.09. The van der Waals surface area contributed by atoms with E-state index >= 15 is 0 Å².